The molecular formula is C14H12BrFN2O3. The van der Waals surface area contributed by atoms with Gasteiger partial charge < -0.3 is 10.1 Å². The Balaban J connectivity index is 2.15. The minimum absolute atomic E-state index is 0.403. The number of rotatable bonds is 5. The Hall–Kier alpha value is -2.15. The first-order valence-electron chi connectivity index (χ1n) is 6.01. The summed E-state index contributed by atoms with van der Waals surface area (Å²) in [6.07, 6.45) is 0. The van der Waals surface area contributed by atoms with Crippen molar-refractivity contribution in [1.29, 1.82) is 0 Å². The smallest absolute Gasteiger partial charge is 0.304 e. The minimum atomic E-state index is -0.869. The van der Waals surface area contributed by atoms with Crippen LogP contribution in [0.25, 0.3) is 0 Å². The number of nitro groups is 1. The third-order valence-corrected chi connectivity index (χ3v) is 3.36. The van der Waals surface area contributed by atoms with E-state index in [9.17, 15) is 14.5 Å². The Morgan fingerprint density at radius 2 is 2.10 bits per heavy atom. The minimum Gasteiger partial charge on any atom is -0.496 e. The van der Waals surface area contributed by atoms with Crippen molar-refractivity contribution in [2.75, 3.05) is 12.4 Å². The number of ether oxygens (including phenoxy) is 1. The molecule has 5 nitrogen and oxygen atoms in total. The van der Waals surface area contributed by atoms with E-state index in [1.165, 1.54) is 6.07 Å². The first kappa shape index (κ1) is 15.2. The predicted octanol–water partition coefficient (Wildman–Crippen LogP) is 4.12. The molecule has 0 heterocycles. The molecule has 0 unspecified atom stereocenters. The van der Waals surface area contributed by atoms with Crippen molar-refractivity contribution in [3.63, 3.8) is 0 Å². The zero-order valence-corrected chi connectivity index (χ0v) is 12.7. The fourth-order valence-electron chi connectivity index (χ4n) is 1.85. The van der Waals surface area contributed by atoms with Crippen molar-refractivity contribution in [2.45, 2.75) is 6.54 Å². The van der Waals surface area contributed by atoms with Crippen LogP contribution in [0, 0.1) is 15.9 Å². The van der Waals surface area contributed by atoms with Crippen LogP contribution in [0.1, 0.15) is 5.56 Å². The first-order valence-corrected chi connectivity index (χ1v) is 6.81. The number of nitrogens with zero attached hydrogens (tertiary/aromatic N) is 1. The maximum absolute atomic E-state index is 13.5. The molecule has 0 saturated heterocycles. The molecule has 0 radical (unpaired) electrons. The van der Waals surface area contributed by atoms with Gasteiger partial charge in [0.15, 0.2) is 0 Å². The van der Waals surface area contributed by atoms with E-state index in [2.05, 4.69) is 21.2 Å². The highest BCUT2D eigenvalue weighted by Crippen LogP contribution is 2.25. The number of hydrogen-bond donors (Lipinski definition) is 1. The lowest BCUT2D eigenvalue weighted by Gasteiger charge is -2.11. The van der Waals surface area contributed by atoms with Crippen LogP contribution < -0.4 is 10.1 Å². The Morgan fingerprint density at radius 1 is 1.33 bits per heavy atom. The van der Waals surface area contributed by atoms with E-state index in [-0.39, 0.29) is 0 Å². The highest BCUT2D eigenvalue weighted by atomic mass is 79.9. The van der Waals surface area contributed by atoms with Gasteiger partial charge in [-0.3, -0.25) is 10.1 Å². The Labute approximate surface area is 129 Å². The number of benzene rings is 2. The molecule has 0 aliphatic carbocycles. The quantitative estimate of drug-likeness (QED) is 0.647. The second-order valence-corrected chi connectivity index (χ2v) is 5.15. The lowest BCUT2D eigenvalue weighted by Crippen LogP contribution is -2.02. The van der Waals surface area contributed by atoms with Crippen LogP contribution in [-0.2, 0) is 6.54 Å². The van der Waals surface area contributed by atoms with Gasteiger partial charge in [-0.1, -0.05) is 15.9 Å². The molecule has 0 atom stereocenters. The van der Waals surface area contributed by atoms with Gasteiger partial charge in [0.25, 0.3) is 0 Å². The molecule has 21 heavy (non-hydrogen) atoms. The molecule has 2 aromatic carbocycles. The number of nitro benzene ring substituents is 1. The molecular weight excluding hydrogens is 343 g/mol. The maximum atomic E-state index is 13.5. The van der Waals surface area contributed by atoms with Crippen molar-refractivity contribution >= 4 is 27.3 Å². The highest BCUT2D eigenvalue weighted by Gasteiger charge is 2.13. The number of halogens is 2. The standard InChI is InChI=1S/C14H12BrFN2O3/c1-21-14-5-2-10(15)6-9(14)8-17-11-3-4-13(18(19)20)12(16)7-11/h2-7,17H,8H2,1H3. The van der Waals surface area contributed by atoms with Crippen LogP contribution in [0.5, 0.6) is 5.75 Å². The molecule has 2 aromatic rings. The topological polar surface area (TPSA) is 64.4 Å². The Bertz CT molecular complexity index is 679. The van der Waals surface area contributed by atoms with Gasteiger partial charge >= 0.3 is 5.69 Å². The van der Waals surface area contributed by atoms with Gasteiger partial charge in [0.1, 0.15) is 5.75 Å². The van der Waals surface area contributed by atoms with E-state index in [1.807, 2.05) is 18.2 Å². The van der Waals surface area contributed by atoms with Crippen molar-refractivity contribution in [1.82, 2.24) is 0 Å². The summed E-state index contributed by atoms with van der Waals surface area (Å²) in [5.41, 5.74) is 0.798. The molecule has 110 valence electrons. The van der Waals surface area contributed by atoms with Crippen molar-refractivity contribution in [3.8, 4) is 5.75 Å². The summed E-state index contributed by atoms with van der Waals surface area (Å²) >= 11 is 3.37. The van der Waals surface area contributed by atoms with Crippen molar-refractivity contribution < 1.29 is 14.1 Å². The molecule has 0 fully saturated rings. The summed E-state index contributed by atoms with van der Waals surface area (Å²) in [5.74, 6) is -0.167. The second kappa shape index (κ2) is 6.53. The van der Waals surface area contributed by atoms with E-state index < -0.39 is 16.4 Å². The zero-order valence-electron chi connectivity index (χ0n) is 11.1. The van der Waals surface area contributed by atoms with Crippen LogP contribution in [0.4, 0.5) is 15.8 Å². The SMILES string of the molecule is COc1ccc(Br)cc1CNc1ccc([N+](=O)[O-])c(F)c1. The Morgan fingerprint density at radius 3 is 2.71 bits per heavy atom. The summed E-state index contributed by atoms with van der Waals surface area (Å²) in [7, 11) is 1.57. The van der Waals surface area contributed by atoms with Gasteiger partial charge in [0.05, 0.1) is 12.0 Å². The molecule has 0 saturated carbocycles. The number of methoxy groups -OCH3 is 1. The van der Waals surface area contributed by atoms with E-state index in [1.54, 1.807) is 7.11 Å². The number of anilines is 1. The molecule has 7 heteroatoms. The van der Waals surface area contributed by atoms with E-state index >= 15 is 0 Å². The molecule has 2 rings (SSSR count). The third-order valence-electron chi connectivity index (χ3n) is 2.87. The lowest BCUT2D eigenvalue weighted by atomic mass is 10.2. The van der Waals surface area contributed by atoms with Gasteiger partial charge in [-0.05, 0) is 24.3 Å². The van der Waals surface area contributed by atoms with Gasteiger partial charge in [-0.25, -0.2) is 0 Å². The Kier molecular flexibility index (Phi) is 4.74. The fourth-order valence-corrected chi connectivity index (χ4v) is 2.26. The van der Waals surface area contributed by atoms with Crippen LogP contribution in [0.2, 0.25) is 0 Å². The summed E-state index contributed by atoms with van der Waals surface area (Å²) in [5, 5.41) is 13.6. The zero-order chi connectivity index (χ0) is 15.4. The molecule has 1 N–H and O–H groups in total. The van der Waals surface area contributed by atoms with Gasteiger partial charge in [0.2, 0.25) is 5.82 Å². The normalized spacial score (nSPS) is 10.2. The lowest BCUT2D eigenvalue weighted by molar-refractivity contribution is -0.387. The average Bonchev–Trinajstić information content (AvgIpc) is 2.45. The van der Waals surface area contributed by atoms with E-state index in [0.717, 1.165) is 22.2 Å². The largest absolute Gasteiger partial charge is 0.496 e. The summed E-state index contributed by atoms with van der Waals surface area (Å²) in [4.78, 5) is 9.80. The number of nitrogens with one attached hydrogen (secondary N) is 1. The average molecular weight is 355 g/mol. The molecule has 0 amide bonds. The van der Waals surface area contributed by atoms with E-state index in [4.69, 9.17) is 4.74 Å². The van der Waals surface area contributed by atoms with Crippen LogP contribution in [-0.4, -0.2) is 12.0 Å². The van der Waals surface area contributed by atoms with Gasteiger partial charge in [-0.15, -0.1) is 0 Å². The van der Waals surface area contributed by atoms with Crippen LogP contribution >= 0.6 is 15.9 Å². The molecule has 0 bridgehead atoms. The summed E-state index contributed by atoms with van der Waals surface area (Å²) < 4.78 is 19.7. The van der Waals surface area contributed by atoms with Crippen molar-refractivity contribution in [3.05, 3.63) is 62.4 Å². The molecule has 0 spiro atoms. The predicted molar refractivity (Wildman–Crippen MR) is 81.1 cm³/mol. The summed E-state index contributed by atoms with van der Waals surface area (Å²) in [6, 6.07) is 9.25. The fraction of sp³-hybridized carbons (Fsp3) is 0.143. The third kappa shape index (κ3) is 3.69. The first-order chi connectivity index (χ1) is 10.0. The second-order valence-electron chi connectivity index (χ2n) is 4.23. The highest BCUT2D eigenvalue weighted by molar-refractivity contribution is 9.10. The van der Waals surface area contributed by atoms with Gasteiger partial charge in [0, 0.05) is 34.4 Å². The van der Waals surface area contributed by atoms with Gasteiger partial charge in [-0.2, -0.15) is 4.39 Å². The van der Waals surface area contributed by atoms with Crippen molar-refractivity contribution in [2.24, 2.45) is 0 Å². The molecule has 0 aliphatic rings. The molecule has 0 aromatic heterocycles. The monoisotopic (exact) mass is 354 g/mol. The molecule has 0 aliphatic heterocycles. The number of hydrogen-bond acceptors (Lipinski definition) is 4. The van der Waals surface area contributed by atoms with E-state index in [0.29, 0.717) is 18.0 Å². The van der Waals surface area contributed by atoms with Crippen LogP contribution in [0.3, 0.4) is 0 Å². The van der Waals surface area contributed by atoms with Crippen LogP contribution in [0.15, 0.2) is 40.9 Å². The maximum Gasteiger partial charge on any atom is 0.304 e. The summed E-state index contributed by atoms with van der Waals surface area (Å²) in [6.45, 7) is 0.403.